The predicted octanol–water partition coefficient (Wildman–Crippen LogP) is 3.38. The average Bonchev–Trinajstić information content (AvgIpc) is 3.39. The molecule has 1 saturated heterocycles. The second kappa shape index (κ2) is 8.54. The van der Waals surface area contributed by atoms with Crippen molar-refractivity contribution in [1.29, 1.82) is 0 Å². The number of pyridine rings is 1. The van der Waals surface area contributed by atoms with E-state index in [-0.39, 0.29) is 29.1 Å². The van der Waals surface area contributed by atoms with E-state index in [4.69, 9.17) is 28.0 Å². The van der Waals surface area contributed by atoms with Crippen LogP contribution in [0.25, 0.3) is 0 Å². The van der Waals surface area contributed by atoms with E-state index < -0.39 is 58.3 Å². The van der Waals surface area contributed by atoms with Crippen LogP contribution in [0.2, 0.25) is 10.0 Å². The van der Waals surface area contributed by atoms with E-state index in [0.717, 1.165) is 12.1 Å². The molecule has 0 radical (unpaired) electrons. The minimum absolute atomic E-state index is 0.0452. The second-order valence-corrected chi connectivity index (χ2v) is 8.32. The van der Waals surface area contributed by atoms with Gasteiger partial charge < -0.3 is 5.32 Å². The summed E-state index contributed by atoms with van der Waals surface area (Å²) in [5.41, 5.74) is -0.317. The zero-order valence-corrected chi connectivity index (χ0v) is 18.0. The Morgan fingerprint density at radius 2 is 1.94 bits per heavy atom. The number of amides is 2. The summed E-state index contributed by atoms with van der Waals surface area (Å²) in [5.74, 6) is -2.16. The topological polar surface area (TPSA) is 92.7 Å². The van der Waals surface area contributed by atoms with Gasteiger partial charge in [-0.15, -0.1) is 0 Å². The molecule has 0 aliphatic carbocycles. The molecule has 2 aliphatic rings. The lowest BCUT2D eigenvalue weighted by atomic mass is 9.76. The highest BCUT2D eigenvalue weighted by atomic mass is 35.5. The third-order valence-corrected chi connectivity index (χ3v) is 6.01. The van der Waals surface area contributed by atoms with Crippen molar-refractivity contribution < 1.29 is 32.0 Å². The van der Waals surface area contributed by atoms with Gasteiger partial charge in [-0.3, -0.25) is 24.4 Å². The zero-order chi connectivity index (χ0) is 24.0. The molecule has 2 amide bonds. The van der Waals surface area contributed by atoms with Crippen LogP contribution in [0.3, 0.4) is 0 Å². The molecule has 13 heteroatoms. The Morgan fingerprint density at radius 1 is 1.24 bits per heavy atom. The van der Waals surface area contributed by atoms with Gasteiger partial charge in [-0.25, -0.2) is 9.87 Å². The summed E-state index contributed by atoms with van der Waals surface area (Å²) >= 11 is 11.5. The summed E-state index contributed by atoms with van der Waals surface area (Å²) in [6.45, 7) is -0.695. The Labute approximate surface area is 194 Å². The number of hydroxylamine groups is 1. The highest BCUT2D eigenvalue weighted by Crippen LogP contribution is 2.49. The number of hydrogen-bond donors (Lipinski definition) is 2. The molecule has 33 heavy (non-hydrogen) atoms. The van der Waals surface area contributed by atoms with Crippen molar-refractivity contribution in [3.05, 3.63) is 63.1 Å². The maximum absolute atomic E-state index is 14.2. The zero-order valence-electron chi connectivity index (χ0n) is 16.5. The van der Waals surface area contributed by atoms with Gasteiger partial charge in [-0.2, -0.15) is 13.2 Å². The molecule has 0 saturated carbocycles. The number of rotatable bonds is 4. The van der Waals surface area contributed by atoms with Gasteiger partial charge >= 0.3 is 6.18 Å². The number of carbonyl (C=O) groups is 2. The van der Waals surface area contributed by atoms with Crippen LogP contribution in [0.5, 0.6) is 0 Å². The standard InChI is InChI=1S/C20H14Cl2F4N4O3/c21-11-3-10(4-12(22)16(11)23)19(20(24,25)26)5-14(28-8-19)9-1-2-13(27-6-9)17(31)29-15-7-33-30-18(15)32/h1-4,6,15H,5,7-8H2,(H,29,31)(H,30,32). The van der Waals surface area contributed by atoms with Crippen LogP contribution in [0, 0.1) is 5.82 Å². The van der Waals surface area contributed by atoms with Gasteiger partial charge in [-0.1, -0.05) is 23.2 Å². The monoisotopic (exact) mass is 504 g/mol. The van der Waals surface area contributed by atoms with Crippen LogP contribution in [0.4, 0.5) is 17.6 Å². The number of aromatic nitrogens is 1. The molecule has 7 nitrogen and oxygen atoms in total. The van der Waals surface area contributed by atoms with Gasteiger partial charge in [0.2, 0.25) is 0 Å². The molecule has 2 aromatic rings. The van der Waals surface area contributed by atoms with Gasteiger partial charge in [0.25, 0.3) is 11.8 Å². The Bertz CT molecular complexity index is 1130. The van der Waals surface area contributed by atoms with Crippen LogP contribution in [-0.4, -0.2) is 47.9 Å². The molecule has 1 aromatic carbocycles. The minimum Gasteiger partial charge on any atom is -0.337 e. The highest BCUT2D eigenvalue weighted by Gasteiger charge is 2.58. The third kappa shape index (κ3) is 4.28. The summed E-state index contributed by atoms with van der Waals surface area (Å²) in [7, 11) is 0. The van der Waals surface area contributed by atoms with Crippen LogP contribution in [-0.2, 0) is 15.0 Å². The van der Waals surface area contributed by atoms with E-state index in [1.54, 1.807) is 0 Å². The lowest BCUT2D eigenvalue weighted by Gasteiger charge is -2.31. The minimum atomic E-state index is -4.74. The molecule has 2 unspecified atom stereocenters. The molecule has 0 spiro atoms. The van der Waals surface area contributed by atoms with Crippen molar-refractivity contribution in [1.82, 2.24) is 15.8 Å². The largest absolute Gasteiger partial charge is 0.400 e. The Morgan fingerprint density at radius 3 is 2.48 bits per heavy atom. The first-order chi connectivity index (χ1) is 15.5. The quantitative estimate of drug-likeness (QED) is 0.493. The molecule has 174 valence electrons. The third-order valence-electron chi connectivity index (χ3n) is 5.46. The molecule has 2 atom stereocenters. The SMILES string of the molecule is O=C(NC1CONC1=O)c1ccc(C2=NCC(c3cc(Cl)c(F)c(Cl)c3)(C(F)(F)F)C2)cn1. The number of hydrogen-bond acceptors (Lipinski definition) is 5. The maximum atomic E-state index is 14.2. The average molecular weight is 505 g/mol. The van der Waals surface area contributed by atoms with Gasteiger partial charge in [-0.05, 0) is 29.8 Å². The van der Waals surface area contributed by atoms with Gasteiger partial charge in [0.05, 0.1) is 16.6 Å². The normalized spacial score (nSPS) is 22.8. The predicted molar refractivity (Wildman–Crippen MR) is 110 cm³/mol. The van der Waals surface area contributed by atoms with Crippen molar-refractivity contribution in [2.24, 2.45) is 4.99 Å². The van der Waals surface area contributed by atoms with Crippen molar-refractivity contribution in [3.8, 4) is 0 Å². The molecule has 2 aliphatic heterocycles. The fraction of sp³-hybridized carbons (Fsp3) is 0.300. The van der Waals surface area contributed by atoms with Crippen LogP contribution in [0.15, 0.2) is 35.5 Å². The Balaban J connectivity index is 1.56. The molecule has 4 rings (SSSR count). The number of alkyl halides is 3. The number of benzene rings is 1. The molecule has 1 aromatic heterocycles. The molecule has 0 bridgehead atoms. The number of nitrogens with one attached hydrogen (secondary N) is 2. The van der Waals surface area contributed by atoms with Crippen LogP contribution >= 0.6 is 23.2 Å². The lowest BCUT2D eigenvalue weighted by Crippen LogP contribution is -2.44. The summed E-state index contributed by atoms with van der Waals surface area (Å²) in [4.78, 5) is 36.5. The van der Waals surface area contributed by atoms with E-state index in [9.17, 15) is 27.2 Å². The lowest BCUT2D eigenvalue weighted by molar-refractivity contribution is -0.183. The smallest absolute Gasteiger partial charge is 0.337 e. The van der Waals surface area contributed by atoms with Crippen molar-refractivity contribution in [2.45, 2.75) is 24.1 Å². The van der Waals surface area contributed by atoms with Crippen molar-refractivity contribution in [2.75, 3.05) is 13.2 Å². The van der Waals surface area contributed by atoms with E-state index in [0.29, 0.717) is 0 Å². The van der Waals surface area contributed by atoms with E-state index in [2.05, 4.69) is 20.8 Å². The van der Waals surface area contributed by atoms with Crippen LogP contribution in [0.1, 0.15) is 28.0 Å². The highest BCUT2D eigenvalue weighted by molar-refractivity contribution is 6.35. The summed E-state index contributed by atoms with van der Waals surface area (Å²) < 4.78 is 56.3. The van der Waals surface area contributed by atoms with E-state index >= 15 is 0 Å². The van der Waals surface area contributed by atoms with Gasteiger partial charge in [0, 0.05) is 23.9 Å². The van der Waals surface area contributed by atoms with Crippen molar-refractivity contribution >= 4 is 40.7 Å². The van der Waals surface area contributed by atoms with Gasteiger partial charge in [0.1, 0.15) is 23.8 Å². The molecular weight excluding hydrogens is 491 g/mol. The maximum Gasteiger partial charge on any atom is 0.400 e. The van der Waals surface area contributed by atoms with E-state index in [1.807, 2.05) is 0 Å². The summed E-state index contributed by atoms with van der Waals surface area (Å²) in [6.07, 6.45) is -4.07. The molecule has 1 fully saturated rings. The fourth-order valence-corrected chi connectivity index (χ4v) is 4.07. The Kier molecular flexibility index (Phi) is 6.06. The van der Waals surface area contributed by atoms with Crippen LogP contribution < -0.4 is 10.8 Å². The second-order valence-electron chi connectivity index (χ2n) is 7.51. The Hall–Kier alpha value is -2.76. The number of aliphatic imine (C=N–C) groups is 1. The number of nitrogens with zero attached hydrogens (tertiary/aromatic N) is 2. The first-order valence-electron chi connectivity index (χ1n) is 9.46. The molecule has 3 heterocycles. The number of carbonyl (C=O) groups excluding carboxylic acids is 2. The van der Waals surface area contributed by atoms with Gasteiger partial charge in [0.15, 0.2) is 5.82 Å². The number of halogens is 6. The summed E-state index contributed by atoms with van der Waals surface area (Å²) in [6, 6.07) is 3.65. The summed E-state index contributed by atoms with van der Waals surface area (Å²) in [5, 5.41) is 1.39. The first kappa shape index (κ1) is 23.4. The molecular formula is C20H14Cl2F4N4O3. The first-order valence-corrected chi connectivity index (χ1v) is 10.2. The molecule has 2 N–H and O–H groups in total. The fourth-order valence-electron chi connectivity index (χ4n) is 3.58. The van der Waals surface area contributed by atoms with E-state index in [1.165, 1.54) is 18.3 Å². The van der Waals surface area contributed by atoms with Crippen molar-refractivity contribution in [3.63, 3.8) is 0 Å².